The summed E-state index contributed by atoms with van der Waals surface area (Å²) >= 11 is 19.4. The van der Waals surface area contributed by atoms with Crippen LogP contribution in [0.15, 0.2) is 60.9 Å². The van der Waals surface area contributed by atoms with E-state index < -0.39 is 6.04 Å². The number of amides is 1. The summed E-state index contributed by atoms with van der Waals surface area (Å²) in [7, 11) is 0. The number of benzene rings is 3. The van der Waals surface area contributed by atoms with E-state index in [0.717, 1.165) is 42.5 Å². The number of aromatic nitrogens is 4. The lowest BCUT2D eigenvalue weighted by molar-refractivity contribution is 0.0793. The Morgan fingerprint density at radius 1 is 0.946 bits per heavy atom. The Morgan fingerprint density at radius 2 is 1.76 bits per heavy atom. The SMILES string of the molecule is O=C(c1cc2ncnc(NC(c3nc4ccc(Cl)cc4[nH]3)c3ccccc3Cl)c2cc1Cl)N1CCCC1. The molecule has 2 N–H and O–H groups in total. The number of rotatable bonds is 5. The lowest BCUT2D eigenvalue weighted by Gasteiger charge is -2.20. The number of fused-ring (bicyclic) bond motifs is 2. The van der Waals surface area contributed by atoms with Gasteiger partial charge < -0.3 is 15.2 Å². The zero-order chi connectivity index (χ0) is 25.5. The van der Waals surface area contributed by atoms with E-state index in [1.807, 2.05) is 41.3 Å². The molecule has 1 amide bonds. The molecule has 37 heavy (non-hydrogen) atoms. The summed E-state index contributed by atoms with van der Waals surface area (Å²) in [5, 5.41) is 5.71. The van der Waals surface area contributed by atoms with Crippen LogP contribution < -0.4 is 5.32 Å². The summed E-state index contributed by atoms with van der Waals surface area (Å²) < 4.78 is 0. The van der Waals surface area contributed by atoms with E-state index in [-0.39, 0.29) is 5.91 Å². The van der Waals surface area contributed by atoms with Crippen LogP contribution in [0.4, 0.5) is 5.82 Å². The van der Waals surface area contributed by atoms with Gasteiger partial charge in [-0.05, 0) is 49.2 Å². The smallest absolute Gasteiger partial charge is 0.255 e. The lowest BCUT2D eigenvalue weighted by Crippen LogP contribution is -2.27. The van der Waals surface area contributed by atoms with Gasteiger partial charge >= 0.3 is 0 Å². The van der Waals surface area contributed by atoms with Crippen LogP contribution in [0.5, 0.6) is 0 Å². The number of likely N-dealkylation sites (tertiary alicyclic amines) is 1. The van der Waals surface area contributed by atoms with Crippen molar-refractivity contribution in [1.82, 2.24) is 24.8 Å². The fraction of sp³-hybridized carbons (Fsp3) is 0.185. The first-order valence-electron chi connectivity index (χ1n) is 11.9. The number of carbonyl (C=O) groups excluding carboxylic acids is 1. The number of nitrogens with one attached hydrogen (secondary N) is 2. The molecular weight excluding hydrogens is 531 g/mol. The van der Waals surface area contributed by atoms with Crippen molar-refractivity contribution >= 4 is 68.5 Å². The Labute approximate surface area is 227 Å². The van der Waals surface area contributed by atoms with E-state index in [2.05, 4.69) is 20.3 Å². The second-order valence-corrected chi connectivity index (χ2v) is 10.2. The number of H-pyrrole nitrogens is 1. The third-order valence-corrected chi connectivity index (χ3v) is 7.47. The van der Waals surface area contributed by atoms with Crippen LogP contribution in [0.3, 0.4) is 0 Å². The maximum atomic E-state index is 13.0. The number of nitrogens with zero attached hydrogens (tertiary/aromatic N) is 4. The summed E-state index contributed by atoms with van der Waals surface area (Å²) in [6, 6.07) is 16.1. The molecule has 5 aromatic rings. The molecule has 1 unspecified atom stereocenters. The quantitative estimate of drug-likeness (QED) is 0.248. The third-order valence-electron chi connectivity index (χ3n) is 6.58. The molecule has 1 atom stereocenters. The topological polar surface area (TPSA) is 86.8 Å². The minimum Gasteiger partial charge on any atom is -0.356 e. The number of aromatic amines is 1. The average Bonchev–Trinajstić information content (AvgIpc) is 3.57. The molecule has 1 fully saturated rings. The Morgan fingerprint density at radius 3 is 2.57 bits per heavy atom. The number of hydrogen-bond acceptors (Lipinski definition) is 5. The summed E-state index contributed by atoms with van der Waals surface area (Å²) in [5.41, 5.74) is 3.45. The molecule has 3 aromatic carbocycles. The minimum atomic E-state index is -0.470. The van der Waals surface area contributed by atoms with Gasteiger partial charge in [0, 0.05) is 34.1 Å². The van der Waals surface area contributed by atoms with Gasteiger partial charge in [-0.2, -0.15) is 0 Å². The first kappa shape index (κ1) is 24.0. The van der Waals surface area contributed by atoms with E-state index in [4.69, 9.17) is 39.8 Å². The van der Waals surface area contributed by atoms with Crippen molar-refractivity contribution in [1.29, 1.82) is 0 Å². The van der Waals surface area contributed by atoms with Crippen molar-refractivity contribution in [2.45, 2.75) is 18.9 Å². The Kier molecular flexibility index (Phi) is 6.36. The first-order valence-corrected chi connectivity index (χ1v) is 13.0. The van der Waals surface area contributed by atoms with Gasteiger partial charge in [0.25, 0.3) is 5.91 Å². The molecule has 10 heteroatoms. The highest BCUT2D eigenvalue weighted by molar-refractivity contribution is 6.35. The third kappa shape index (κ3) is 4.59. The summed E-state index contributed by atoms with van der Waals surface area (Å²) in [4.78, 5) is 31.9. The predicted molar refractivity (Wildman–Crippen MR) is 148 cm³/mol. The summed E-state index contributed by atoms with van der Waals surface area (Å²) in [6.45, 7) is 1.48. The van der Waals surface area contributed by atoms with Crippen LogP contribution in [0.1, 0.15) is 40.6 Å². The van der Waals surface area contributed by atoms with Crippen molar-refractivity contribution in [2.75, 3.05) is 18.4 Å². The first-order chi connectivity index (χ1) is 18.0. The van der Waals surface area contributed by atoms with Gasteiger partial charge in [0.1, 0.15) is 24.0 Å². The van der Waals surface area contributed by atoms with Gasteiger partial charge in [0.2, 0.25) is 0 Å². The van der Waals surface area contributed by atoms with Crippen molar-refractivity contribution in [3.05, 3.63) is 92.9 Å². The monoisotopic (exact) mass is 550 g/mol. The number of anilines is 1. The Hall–Kier alpha value is -3.39. The number of hydrogen-bond donors (Lipinski definition) is 2. The summed E-state index contributed by atoms with van der Waals surface area (Å²) in [5.74, 6) is 1.10. The molecule has 1 aliphatic heterocycles. The molecular formula is C27H21Cl3N6O. The second-order valence-electron chi connectivity index (χ2n) is 8.95. The van der Waals surface area contributed by atoms with E-state index in [1.165, 1.54) is 6.33 Å². The maximum absolute atomic E-state index is 13.0. The normalized spacial score (nSPS) is 14.4. The highest BCUT2D eigenvalue weighted by Gasteiger charge is 2.25. The molecule has 0 saturated carbocycles. The molecule has 0 bridgehead atoms. The zero-order valence-electron chi connectivity index (χ0n) is 19.5. The van der Waals surface area contributed by atoms with Crippen LogP contribution >= 0.6 is 34.8 Å². The Bertz CT molecular complexity index is 1650. The molecule has 0 aliphatic carbocycles. The number of halogens is 3. The van der Waals surface area contributed by atoms with Crippen molar-refractivity contribution in [2.24, 2.45) is 0 Å². The Balaban J connectivity index is 1.44. The number of carbonyl (C=O) groups is 1. The minimum absolute atomic E-state index is 0.0765. The van der Waals surface area contributed by atoms with E-state index in [0.29, 0.717) is 43.2 Å². The lowest BCUT2D eigenvalue weighted by atomic mass is 10.1. The molecule has 0 spiro atoms. The molecule has 7 nitrogen and oxygen atoms in total. The van der Waals surface area contributed by atoms with Crippen molar-refractivity contribution in [3.8, 4) is 0 Å². The molecule has 3 heterocycles. The largest absolute Gasteiger partial charge is 0.356 e. The van der Waals surface area contributed by atoms with Crippen LogP contribution in [0.25, 0.3) is 21.9 Å². The summed E-state index contributed by atoms with van der Waals surface area (Å²) in [6.07, 6.45) is 3.47. The molecule has 1 aliphatic rings. The van der Waals surface area contributed by atoms with Crippen LogP contribution in [0, 0.1) is 0 Å². The van der Waals surface area contributed by atoms with E-state index >= 15 is 0 Å². The average molecular weight is 552 g/mol. The molecule has 6 rings (SSSR count). The van der Waals surface area contributed by atoms with Gasteiger partial charge in [-0.15, -0.1) is 0 Å². The van der Waals surface area contributed by atoms with Gasteiger partial charge in [0.15, 0.2) is 0 Å². The molecule has 2 aromatic heterocycles. The highest BCUT2D eigenvalue weighted by atomic mass is 35.5. The van der Waals surface area contributed by atoms with Gasteiger partial charge in [-0.3, -0.25) is 4.79 Å². The van der Waals surface area contributed by atoms with Crippen molar-refractivity contribution in [3.63, 3.8) is 0 Å². The zero-order valence-corrected chi connectivity index (χ0v) is 21.8. The fourth-order valence-electron chi connectivity index (χ4n) is 4.72. The van der Waals surface area contributed by atoms with Gasteiger partial charge in [0.05, 0.1) is 27.1 Å². The van der Waals surface area contributed by atoms with Gasteiger partial charge in [-0.1, -0.05) is 53.0 Å². The van der Waals surface area contributed by atoms with Crippen LogP contribution in [0.2, 0.25) is 15.1 Å². The van der Waals surface area contributed by atoms with Crippen LogP contribution in [-0.2, 0) is 0 Å². The molecule has 186 valence electrons. The molecule has 0 radical (unpaired) electrons. The molecule has 1 saturated heterocycles. The standard InChI is InChI=1S/C27H21Cl3N6O/c28-15-7-8-21-23(11-15)34-26(33-21)24(16-5-1-2-6-19(16)29)35-25-18-12-20(30)17(13-22(18)31-14-32-25)27(37)36-9-3-4-10-36/h1-2,5-8,11-14,24H,3-4,9-10H2,(H,33,34)(H,31,32,35). The second kappa shape index (κ2) is 9.82. The van der Waals surface area contributed by atoms with E-state index in [9.17, 15) is 4.79 Å². The fourth-order valence-corrected chi connectivity index (χ4v) is 5.39. The highest BCUT2D eigenvalue weighted by Crippen LogP contribution is 2.34. The predicted octanol–water partition coefficient (Wildman–Crippen LogP) is 6.90. The van der Waals surface area contributed by atoms with E-state index in [1.54, 1.807) is 18.2 Å². The van der Waals surface area contributed by atoms with Gasteiger partial charge in [-0.25, -0.2) is 15.0 Å². The van der Waals surface area contributed by atoms with Crippen LogP contribution in [-0.4, -0.2) is 43.8 Å². The maximum Gasteiger partial charge on any atom is 0.255 e. The number of imidazole rings is 1. The van der Waals surface area contributed by atoms with Crippen molar-refractivity contribution < 1.29 is 4.79 Å².